The van der Waals surface area contributed by atoms with Crippen molar-refractivity contribution in [1.29, 1.82) is 0 Å². The van der Waals surface area contributed by atoms with E-state index in [1.807, 2.05) is 6.08 Å². The Hall–Kier alpha value is -2.90. The standard InChI is InChI=1S/C57H99NO10/c1-3-5-7-9-11-13-24-29-33-37-41-45-53(62)66-46-42-38-34-30-26-23-21-19-17-15-16-18-20-22-25-28-32-36-40-44-52(61)58-49(48-67-57-56(65)55(64)54(63)51(47-59)68-57)50(60)43-39-35-31-27-14-12-10-8-6-4-2/h6,8-9,11,14,19,21,23,26-27,39,43,49-51,54-57,59-60,63-65H,3-5,7,10,12-13,15-18,20,22,24-25,28-38,40-42,44-48H2,1-2H3,(H,58,61)/b8-6+,11-9-,21-19-,26-23-,27-14+,43-39+. The van der Waals surface area contributed by atoms with Crippen molar-refractivity contribution in [1.82, 2.24) is 5.32 Å². The van der Waals surface area contributed by atoms with Gasteiger partial charge in [0, 0.05) is 12.8 Å². The molecule has 11 heteroatoms. The molecule has 1 rings (SSSR count). The number of allylic oxidation sites excluding steroid dienone is 11. The second-order valence-corrected chi connectivity index (χ2v) is 18.5. The smallest absolute Gasteiger partial charge is 0.305 e. The van der Waals surface area contributed by atoms with E-state index in [0.717, 1.165) is 96.3 Å². The van der Waals surface area contributed by atoms with Crippen LogP contribution in [0.2, 0.25) is 0 Å². The summed E-state index contributed by atoms with van der Waals surface area (Å²) in [7, 11) is 0. The maximum absolute atomic E-state index is 13.0. The third kappa shape index (κ3) is 36.1. The number of esters is 1. The van der Waals surface area contributed by atoms with Crippen molar-refractivity contribution in [2.45, 2.75) is 256 Å². The van der Waals surface area contributed by atoms with E-state index in [-0.39, 0.29) is 18.5 Å². The number of aliphatic hydroxyl groups is 5. The Morgan fingerprint density at radius 2 is 1.04 bits per heavy atom. The van der Waals surface area contributed by atoms with Crippen molar-refractivity contribution >= 4 is 11.9 Å². The minimum absolute atomic E-state index is 0.0419. The third-order valence-electron chi connectivity index (χ3n) is 12.3. The fourth-order valence-electron chi connectivity index (χ4n) is 7.91. The highest BCUT2D eigenvalue weighted by Crippen LogP contribution is 2.23. The van der Waals surface area contributed by atoms with Gasteiger partial charge in [-0.25, -0.2) is 0 Å². The maximum atomic E-state index is 13.0. The van der Waals surface area contributed by atoms with Crippen LogP contribution in [0, 0.1) is 0 Å². The van der Waals surface area contributed by atoms with Gasteiger partial charge in [-0.1, -0.05) is 170 Å². The van der Waals surface area contributed by atoms with Crippen LogP contribution in [0.25, 0.3) is 0 Å². The largest absolute Gasteiger partial charge is 0.466 e. The fourth-order valence-corrected chi connectivity index (χ4v) is 7.91. The molecule has 0 aromatic rings. The predicted molar refractivity (Wildman–Crippen MR) is 278 cm³/mol. The lowest BCUT2D eigenvalue weighted by molar-refractivity contribution is -0.302. The van der Waals surface area contributed by atoms with E-state index in [0.29, 0.717) is 25.9 Å². The molecule has 1 heterocycles. The highest BCUT2D eigenvalue weighted by Gasteiger charge is 2.44. The van der Waals surface area contributed by atoms with Gasteiger partial charge in [0.2, 0.25) is 5.91 Å². The number of hydrogen-bond acceptors (Lipinski definition) is 10. The van der Waals surface area contributed by atoms with Gasteiger partial charge in [0.1, 0.15) is 24.4 Å². The molecule has 0 aliphatic carbocycles. The number of nitrogens with one attached hydrogen (secondary N) is 1. The number of rotatable bonds is 45. The number of carbonyl (C=O) groups is 2. The predicted octanol–water partition coefficient (Wildman–Crippen LogP) is 11.7. The van der Waals surface area contributed by atoms with Crippen LogP contribution in [0.5, 0.6) is 0 Å². The lowest BCUT2D eigenvalue weighted by atomic mass is 9.99. The van der Waals surface area contributed by atoms with Crippen LogP contribution >= 0.6 is 0 Å². The van der Waals surface area contributed by atoms with E-state index in [1.54, 1.807) is 6.08 Å². The van der Waals surface area contributed by atoms with Crippen molar-refractivity contribution in [3.05, 3.63) is 72.9 Å². The molecule has 0 aromatic carbocycles. The zero-order valence-electron chi connectivity index (χ0n) is 42.8. The highest BCUT2D eigenvalue weighted by molar-refractivity contribution is 5.76. The minimum atomic E-state index is -1.58. The number of ether oxygens (including phenoxy) is 3. The number of hydrogen-bond donors (Lipinski definition) is 6. The van der Waals surface area contributed by atoms with Gasteiger partial charge < -0.3 is 45.1 Å². The second-order valence-electron chi connectivity index (χ2n) is 18.5. The first-order valence-electron chi connectivity index (χ1n) is 27.2. The first-order valence-corrected chi connectivity index (χ1v) is 27.2. The molecule has 392 valence electrons. The van der Waals surface area contributed by atoms with Crippen molar-refractivity contribution in [2.24, 2.45) is 0 Å². The van der Waals surface area contributed by atoms with E-state index in [2.05, 4.69) is 79.9 Å². The Bertz CT molecular complexity index is 1360. The third-order valence-corrected chi connectivity index (χ3v) is 12.3. The summed E-state index contributed by atoms with van der Waals surface area (Å²) < 4.78 is 16.6. The summed E-state index contributed by atoms with van der Waals surface area (Å²) in [5.74, 6) is -0.253. The molecule has 6 N–H and O–H groups in total. The quantitative estimate of drug-likeness (QED) is 0.0149. The van der Waals surface area contributed by atoms with Gasteiger partial charge in [-0.15, -0.1) is 0 Å². The van der Waals surface area contributed by atoms with Crippen LogP contribution in [0.1, 0.15) is 213 Å². The molecule has 0 radical (unpaired) electrons. The summed E-state index contributed by atoms with van der Waals surface area (Å²) in [6.45, 7) is 4.09. The Morgan fingerprint density at radius 3 is 1.62 bits per heavy atom. The molecule has 0 aromatic heterocycles. The van der Waals surface area contributed by atoms with Gasteiger partial charge >= 0.3 is 5.97 Å². The SMILES string of the molecule is CC/C=C/CC/C=C/CC/C=C/C(O)C(COC1OC(CO)C(O)C(O)C1O)NC(=O)CCCCCCCCCCCC/C=C\C=C/CCCCCOC(=O)CCCCCCC/C=C\CCCC. The van der Waals surface area contributed by atoms with E-state index >= 15 is 0 Å². The topological polar surface area (TPSA) is 175 Å². The van der Waals surface area contributed by atoms with Crippen molar-refractivity contribution < 1.29 is 49.3 Å². The van der Waals surface area contributed by atoms with E-state index < -0.39 is 49.5 Å². The van der Waals surface area contributed by atoms with E-state index in [4.69, 9.17) is 14.2 Å². The molecule has 1 fully saturated rings. The average Bonchev–Trinajstić information content (AvgIpc) is 3.33. The summed E-state index contributed by atoms with van der Waals surface area (Å²) in [5, 5.41) is 54.1. The van der Waals surface area contributed by atoms with Crippen molar-refractivity contribution in [3.8, 4) is 0 Å². The normalized spacial score (nSPS) is 20.0. The first-order chi connectivity index (χ1) is 33.2. The zero-order chi connectivity index (χ0) is 49.6. The molecule has 1 aliphatic heterocycles. The summed E-state index contributed by atoms with van der Waals surface area (Å²) in [6.07, 6.45) is 50.0. The van der Waals surface area contributed by atoms with Gasteiger partial charge in [0.25, 0.3) is 0 Å². The first kappa shape index (κ1) is 63.1. The second kappa shape index (κ2) is 46.5. The van der Waals surface area contributed by atoms with Gasteiger partial charge in [0.15, 0.2) is 6.29 Å². The molecular formula is C57H99NO10. The van der Waals surface area contributed by atoms with Crippen LogP contribution in [-0.2, 0) is 23.8 Å². The molecule has 7 atom stereocenters. The molecule has 1 amide bonds. The minimum Gasteiger partial charge on any atom is -0.466 e. The Labute approximate surface area is 413 Å². The molecule has 0 spiro atoms. The maximum Gasteiger partial charge on any atom is 0.305 e. The van der Waals surface area contributed by atoms with Crippen LogP contribution in [0.15, 0.2) is 72.9 Å². The molecule has 0 saturated carbocycles. The Balaban J connectivity index is 2.13. The Morgan fingerprint density at radius 1 is 0.559 bits per heavy atom. The molecule has 1 aliphatic rings. The van der Waals surface area contributed by atoms with Crippen LogP contribution in [0.4, 0.5) is 0 Å². The molecule has 7 unspecified atom stereocenters. The summed E-state index contributed by atoms with van der Waals surface area (Å²) in [6, 6.07) is -0.843. The Kier molecular flexibility index (Phi) is 43.1. The van der Waals surface area contributed by atoms with Crippen LogP contribution < -0.4 is 5.32 Å². The highest BCUT2D eigenvalue weighted by atomic mass is 16.7. The molecule has 1 saturated heterocycles. The van der Waals surface area contributed by atoms with Gasteiger partial charge in [-0.3, -0.25) is 9.59 Å². The zero-order valence-corrected chi connectivity index (χ0v) is 42.8. The molecular weight excluding hydrogens is 859 g/mol. The van der Waals surface area contributed by atoms with Gasteiger partial charge in [-0.2, -0.15) is 0 Å². The monoisotopic (exact) mass is 958 g/mol. The number of unbranched alkanes of at least 4 members (excludes halogenated alkanes) is 22. The number of carbonyl (C=O) groups excluding carboxylic acids is 2. The van der Waals surface area contributed by atoms with E-state index in [1.165, 1.54) is 83.5 Å². The fraction of sp³-hybridized carbons (Fsp3) is 0.754. The lowest BCUT2D eigenvalue weighted by Crippen LogP contribution is -2.60. The number of amides is 1. The van der Waals surface area contributed by atoms with E-state index in [9.17, 15) is 35.1 Å². The number of aliphatic hydroxyl groups excluding tert-OH is 5. The van der Waals surface area contributed by atoms with Crippen LogP contribution in [0.3, 0.4) is 0 Å². The van der Waals surface area contributed by atoms with Gasteiger partial charge in [-0.05, 0) is 103 Å². The van der Waals surface area contributed by atoms with Crippen molar-refractivity contribution in [2.75, 3.05) is 19.8 Å². The molecule has 68 heavy (non-hydrogen) atoms. The lowest BCUT2D eigenvalue weighted by Gasteiger charge is -2.40. The van der Waals surface area contributed by atoms with Crippen LogP contribution in [-0.4, -0.2) is 100 Å². The van der Waals surface area contributed by atoms with Gasteiger partial charge in [0.05, 0.1) is 32.0 Å². The van der Waals surface area contributed by atoms with Crippen molar-refractivity contribution in [3.63, 3.8) is 0 Å². The summed E-state index contributed by atoms with van der Waals surface area (Å²) >= 11 is 0. The average molecular weight is 958 g/mol. The summed E-state index contributed by atoms with van der Waals surface area (Å²) in [4.78, 5) is 25.0. The molecule has 0 bridgehead atoms. The molecule has 11 nitrogen and oxygen atoms in total. The summed E-state index contributed by atoms with van der Waals surface area (Å²) in [5.41, 5.74) is 0.